The molecule has 0 saturated heterocycles. The summed E-state index contributed by atoms with van der Waals surface area (Å²) in [5.41, 5.74) is 2.88. The van der Waals surface area contributed by atoms with Crippen LogP contribution in [0.25, 0.3) is 11.3 Å². The van der Waals surface area contributed by atoms with Gasteiger partial charge in [-0.15, -0.1) is 11.3 Å². The molecule has 7 heteroatoms. The van der Waals surface area contributed by atoms with Crippen molar-refractivity contribution < 1.29 is 4.79 Å². The molecule has 0 atom stereocenters. The molecule has 0 aliphatic carbocycles. The Morgan fingerprint density at radius 3 is 2.75 bits per heavy atom. The Bertz CT molecular complexity index is 825. The fourth-order valence-corrected chi connectivity index (χ4v) is 3.50. The number of H-pyrrole nitrogens is 1. The molecule has 0 saturated carbocycles. The first-order chi connectivity index (χ1) is 11.7. The van der Waals surface area contributed by atoms with Crippen molar-refractivity contribution in [1.82, 2.24) is 25.7 Å². The number of aromatic amines is 1. The summed E-state index contributed by atoms with van der Waals surface area (Å²) in [6.07, 6.45) is 1.66. The number of carbonyl (C=O) groups excluding carboxylic acids is 1. The Balaban J connectivity index is 1.63. The molecule has 0 unspecified atom stereocenters. The van der Waals surface area contributed by atoms with Crippen LogP contribution >= 0.6 is 11.3 Å². The van der Waals surface area contributed by atoms with Gasteiger partial charge in [-0.05, 0) is 13.3 Å². The molecule has 124 valence electrons. The summed E-state index contributed by atoms with van der Waals surface area (Å²) >= 11 is 1.69. The number of benzene rings is 1. The highest BCUT2D eigenvalue weighted by Gasteiger charge is 2.17. The second-order valence-electron chi connectivity index (χ2n) is 5.36. The van der Waals surface area contributed by atoms with Gasteiger partial charge in [-0.2, -0.15) is 15.4 Å². The van der Waals surface area contributed by atoms with Crippen LogP contribution in [0.4, 0.5) is 0 Å². The van der Waals surface area contributed by atoms with Crippen molar-refractivity contribution in [2.45, 2.75) is 26.7 Å². The summed E-state index contributed by atoms with van der Waals surface area (Å²) in [5.74, 6) is -0.230. The van der Waals surface area contributed by atoms with Gasteiger partial charge in [0.2, 0.25) is 0 Å². The van der Waals surface area contributed by atoms with E-state index >= 15 is 0 Å². The molecule has 1 amide bonds. The van der Waals surface area contributed by atoms with Crippen LogP contribution in [0, 0.1) is 6.92 Å². The van der Waals surface area contributed by atoms with Crippen LogP contribution in [0.3, 0.4) is 0 Å². The van der Waals surface area contributed by atoms with E-state index in [1.54, 1.807) is 11.3 Å². The first-order valence-electron chi connectivity index (χ1n) is 7.88. The Hall–Kier alpha value is -2.54. The fourth-order valence-electron chi connectivity index (χ4n) is 2.48. The first-order valence-corrected chi connectivity index (χ1v) is 8.70. The third kappa shape index (κ3) is 3.51. The molecule has 2 N–H and O–H groups in total. The number of carbonyl (C=O) groups is 1. The van der Waals surface area contributed by atoms with Crippen molar-refractivity contribution in [3.05, 3.63) is 51.6 Å². The second-order valence-corrected chi connectivity index (χ2v) is 6.64. The van der Waals surface area contributed by atoms with E-state index in [0.717, 1.165) is 29.1 Å². The van der Waals surface area contributed by atoms with E-state index in [1.165, 1.54) is 4.88 Å². The number of amides is 1. The SMILES string of the molecule is CCc1nc(CCNC(=O)c2n[nH]nc2-c2ccccc2)sc1C. The zero-order valence-electron chi connectivity index (χ0n) is 13.7. The minimum atomic E-state index is -0.230. The van der Waals surface area contributed by atoms with Crippen molar-refractivity contribution in [2.75, 3.05) is 6.54 Å². The maximum atomic E-state index is 12.4. The summed E-state index contributed by atoms with van der Waals surface area (Å²) < 4.78 is 0. The number of nitrogens with one attached hydrogen (secondary N) is 2. The summed E-state index contributed by atoms with van der Waals surface area (Å²) in [5, 5.41) is 14.6. The Morgan fingerprint density at radius 2 is 2.04 bits per heavy atom. The number of hydrogen-bond donors (Lipinski definition) is 2. The molecule has 0 radical (unpaired) electrons. The number of rotatable bonds is 6. The van der Waals surface area contributed by atoms with Crippen molar-refractivity contribution in [3.63, 3.8) is 0 Å². The third-order valence-electron chi connectivity index (χ3n) is 3.71. The Morgan fingerprint density at radius 1 is 1.25 bits per heavy atom. The molecule has 0 spiro atoms. The average Bonchev–Trinajstić information content (AvgIpc) is 3.22. The molecule has 6 nitrogen and oxygen atoms in total. The molecule has 3 aromatic rings. The molecule has 2 aromatic heterocycles. The summed E-state index contributed by atoms with van der Waals surface area (Å²) in [7, 11) is 0. The molecular formula is C17H19N5OS. The smallest absolute Gasteiger partial charge is 0.274 e. The van der Waals surface area contributed by atoms with Gasteiger partial charge >= 0.3 is 0 Å². The standard InChI is InChI=1S/C17H19N5OS/c1-3-13-11(2)24-14(19-13)9-10-18-17(23)16-15(20-22-21-16)12-7-5-4-6-8-12/h4-8H,3,9-10H2,1-2H3,(H,18,23)(H,20,21,22). The van der Waals surface area contributed by atoms with Crippen molar-refractivity contribution in [2.24, 2.45) is 0 Å². The number of thiazole rings is 1. The summed E-state index contributed by atoms with van der Waals surface area (Å²) in [6.45, 7) is 4.71. The summed E-state index contributed by atoms with van der Waals surface area (Å²) in [4.78, 5) is 18.2. The number of aryl methyl sites for hydroxylation is 2. The molecule has 0 bridgehead atoms. The molecule has 1 aromatic carbocycles. The van der Waals surface area contributed by atoms with Crippen LogP contribution in [-0.4, -0.2) is 32.8 Å². The van der Waals surface area contributed by atoms with Crippen molar-refractivity contribution >= 4 is 17.2 Å². The summed E-state index contributed by atoms with van der Waals surface area (Å²) in [6, 6.07) is 9.53. The predicted molar refractivity (Wildman–Crippen MR) is 94.1 cm³/mol. The average molecular weight is 341 g/mol. The molecule has 2 heterocycles. The third-order valence-corrected chi connectivity index (χ3v) is 4.78. The largest absolute Gasteiger partial charge is 0.350 e. The van der Waals surface area contributed by atoms with Crippen LogP contribution in [0.2, 0.25) is 0 Å². The van der Waals surface area contributed by atoms with Crippen molar-refractivity contribution in [1.29, 1.82) is 0 Å². The lowest BCUT2D eigenvalue weighted by Crippen LogP contribution is -2.26. The Kier molecular flexibility index (Phi) is 5.00. The minimum absolute atomic E-state index is 0.230. The van der Waals surface area contributed by atoms with E-state index in [0.29, 0.717) is 17.9 Å². The van der Waals surface area contributed by atoms with Gasteiger partial charge in [0.05, 0.1) is 10.7 Å². The zero-order chi connectivity index (χ0) is 16.9. The van der Waals surface area contributed by atoms with Gasteiger partial charge in [-0.25, -0.2) is 4.98 Å². The van der Waals surface area contributed by atoms with E-state index in [9.17, 15) is 4.79 Å². The highest BCUT2D eigenvalue weighted by atomic mass is 32.1. The number of aromatic nitrogens is 4. The Labute approximate surface area is 144 Å². The maximum absolute atomic E-state index is 12.4. The zero-order valence-corrected chi connectivity index (χ0v) is 14.5. The van der Waals surface area contributed by atoms with Gasteiger partial charge in [-0.3, -0.25) is 4.79 Å². The quantitative estimate of drug-likeness (QED) is 0.722. The molecule has 0 aliphatic heterocycles. The van der Waals surface area contributed by atoms with Gasteiger partial charge in [0.1, 0.15) is 5.69 Å². The number of hydrogen-bond acceptors (Lipinski definition) is 5. The maximum Gasteiger partial charge on any atom is 0.274 e. The van der Waals surface area contributed by atoms with E-state index in [1.807, 2.05) is 30.3 Å². The lowest BCUT2D eigenvalue weighted by Gasteiger charge is -2.03. The van der Waals surface area contributed by atoms with Crippen LogP contribution in [-0.2, 0) is 12.8 Å². The highest BCUT2D eigenvalue weighted by molar-refractivity contribution is 7.11. The van der Waals surface area contributed by atoms with Crippen molar-refractivity contribution in [3.8, 4) is 11.3 Å². The lowest BCUT2D eigenvalue weighted by molar-refractivity contribution is 0.0950. The van der Waals surface area contributed by atoms with Gasteiger partial charge in [0.25, 0.3) is 5.91 Å². The monoisotopic (exact) mass is 341 g/mol. The van der Waals surface area contributed by atoms with Gasteiger partial charge in [0, 0.05) is 23.4 Å². The predicted octanol–water partition coefficient (Wildman–Crippen LogP) is 2.77. The normalized spacial score (nSPS) is 10.8. The van der Waals surface area contributed by atoms with Crippen LogP contribution < -0.4 is 5.32 Å². The van der Waals surface area contributed by atoms with Gasteiger partial charge in [-0.1, -0.05) is 37.3 Å². The van der Waals surface area contributed by atoms with E-state index < -0.39 is 0 Å². The van der Waals surface area contributed by atoms with E-state index in [2.05, 4.69) is 39.6 Å². The molecule has 3 rings (SSSR count). The molecular weight excluding hydrogens is 322 g/mol. The van der Waals surface area contributed by atoms with Gasteiger partial charge in [0.15, 0.2) is 5.69 Å². The van der Waals surface area contributed by atoms with Gasteiger partial charge < -0.3 is 5.32 Å². The molecule has 24 heavy (non-hydrogen) atoms. The highest BCUT2D eigenvalue weighted by Crippen LogP contribution is 2.19. The van der Waals surface area contributed by atoms with E-state index in [-0.39, 0.29) is 5.91 Å². The second kappa shape index (κ2) is 7.35. The minimum Gasteiger partial charge on any atom is -0.350 e. The lowest BCUT2D eigenvalue weighted by atomic mass is 10.1. The molecule has 0 fully saturated rings. The topological polar surface area (TPSA) is 83.6 Å². The first kappa shape index (κ1) is 16.3. The molecule has 0 aliphatic rings. The fraction of sp³-hybridized carbons (Fsp3) is 0.294. The van der Waals surface area contributed by atoms with Crippen LogP contribution in [0.5, 0.6) is 0 Å². The van der Waals surface area contributed by atoms with Crippen LogP contribution in [0.15, 0.2) is 30.3 Å². The van der Waals surface area contributed by atoms with E-state index in [4.69, 9.17) is 0 Å². The number of nitrogens with zero attached hydrogens (tertiary/aromatic N) is 3. The van der Waals surface area contributed by atoms with Crippen LogP contribution in [0.1, 0.15) is 33.0 Å².